The molecule has 3 aromatic rings. The van der Waals surface area contributed by atoms with E-state index in [4.69, 9.17) is 0 Å². The standard InChI is InChI=1S/C22H22N4O2/c1-14(2)18-6-4-5-7-19(18)25-22-23-13-12-20(26-22)21(28)24-17-10-8-16(9-11-17)15(3)27/h4-14H,1-3H3,(H,24,28)(H,23,25,26). The molecule has 0 unspecified atom stereocenters. The molecule has 0 spiro atoms. The maximum Gasteiger partial charge on any atom is 0.274 e. The molecule has 6 heteroatoms. The van der Waals surface area contributed by atoms with E-state index in [0.717, 1.165) is 11.3 Å². The molecule has 3 rings (SSSR count). The van der Waals surface area contributed by atoms with Gasteiger partial charge in [0.2, 0.25) is 5.95 Å². The van der Waals surface area contributed by atoms with Crippen LogP contribution in [-0.2, 0) is 0 Å². The number of anilines is 3. The molecule has 142 valence electrons. The quantitative estimate of drug-likeness (QED) is 0.606. The highest BCUT2D eigenvalue weighted by Gasteiger charge is 2.12. The fraction of sp³-hybridized carbons (Fsp3) is 0.182. The Morgan fingerprint density at radius 1 is 0.964 bits per heavy atom. The van der Waals surface area contributed by atoms with Crippen LogP contribution in [0, 0.1) is 0 Å². The van der Waals surface area contributed by atoms with E-state index in [1.54, 1.807) is 36.5 Å². The van der Waals surface area contributed by atoms with E-state index in [1.165, 1.54) is 6.92 Å². The molecule has 0 atom stereocenters. The summed E-state index contributed by atoms with van der Waals surface area (Å²) in [4.78, 5) is 32.4. The van der Waals surface area contributed by atoms with Crippen molar-refractivity contribution < 1.29 is 9.59 Å². The lowest BCUT2D eigenvalue weighted by atomic mass is 10.0. The summed E-state index contributed by atoms with van der Waals surface area (Å²) in [6.07, 6.45) is 1.54. The van der Waals surface area contributed by atoms with Crippen molar-refractivity contribution in [1.29, 1.82) is 0 Å². The SMILES string of the molecule is CC(=O)c1ccc(NC(=O)c2ccnc(Nc3ccccc3C(C)C)n2)cc1. The predicted molar refractivity (Wildman–Crippen MR) is 110 cm³/mol. The Morgan fingerprint density at radius 2 is 1.68 bits per heavy atom. The largest absolute Gasteiger partial charge is 0.324 e. The molecule has 0 radical (unpaired) electrons. The number of aromatic nitrogens is 2. The molecule has 6 nitrogen and oxygen atoms in total. The summed E-state index contributed by atoms with van der Waals surface area (Å²) in [5.74, 6) is 0.324. The van der Waals surface area contributed by atoms with Crippen LogP contribution in [0.4, 0.5) is 17.3 Å². The lowest BCUT2D eigenvalue weighted by Crippen LogP contribution is -2.15. The van der Waals surface area contributed by atoms with Crippen LogP contribution in [0.2, 0.25) is 0 Å². The zero-order chi connectivity index (χ0) is 20.1. The second kappa shape index (κ2) is 8.43. The average molecular weight is 374 g/mol. The smallest absolute Gasteiger partial charge is 0.274 e. The van der Waals surface area contributed by atoms with E-state index in [9.17, 15) is 9.59 Å². The third-order valence-electron chi connectivity index (χ3n) is 4.27. The third-order valence-corrected chi connectivity index (χ3v) is 4.27. The van der Waals surface area contributed by atoms with Gasteiger partial charge in [0, 0.05) is 23.1 Å². The van der Waals surface area contributed by atoms with Gasteiger partial charge in [0.15, 0.2) is 5.78 Å². The van der Waals surface area contributed by atoms with Crippen molar-refractivity contribution in [2.45, 2.75) is 26.7 Å². The maximum absolute atomic E-state index is 12.5. The molecule has 0 saturated carbocycles. The number of benzene rings is 2. The molecule has 2 aromatic carbocycles. The number of amides is 1. The zero-order valence-corrected chi connectivity index (χ0v) is 16.1. The van der Waals surface area contributed by atoms with Gasteiger partial charge in [0.25, 0.3) is 5.91 Å². The van der Waals surface area contributed by atoms with Gasteiger partial charge in [-0.25, -0.2) is 9.97 Å². The maximum atomic E-state index is 12.5. The Labute approximate surface area is 164 Å². The minimum atomic E-state index is -0.349. The molecule has 0 aliphatic carbocycles. The fourth-order valence-electron chi connectivity index (χ4n) is 2.76. The van der Waals surface area contributed by atoms with Crippen LogP contribution in [0.3, 0.4) is 0 Å². The second-order valence-electron chi connectivity index (χ2n) is 6.72. The number of hydrogen-bond acceptors (Lipinski definition) is 5. The number of nitrogens with one attached hydrogen (secondary N) is 2. The van der Waals surface area contributed by atoms with E-state index in [0.29, 0.717) is 23.1 Å². The number of rotatable bonds is 6. The Morgan fingerprint density at radius 3 is 2.36 bits per heavy atom. The summed E-state index contributed by atoms with van der Waals surface area (Å²) >= 11 is 0. The summed E-state index contributed by atoms with van der Waals surface area (Å²) in [5, 5.41) is 5.97. The van der Waals surface area contributed by atoms with Gasteiger partial charge in [0.05, 0.1) is 0 Å². The molecule has 2 N–H and O–H groups in total. The first kappa shape index (κ1) is 19.2. The summed E-state index contributed by atoms with van der Waals surface area (Å²) in [5.41, 5.74) is 3.49. The Kier molecular flexibility index (Phi) is 5.79. The molecule has 0 saturated heterocycles. The second-order valence-corrected chi connectivity index (χ2v) is 6.72. The van der Waals surface area contributed by atoms with Crippen molar-refractivity contribution >= 4 is 29.0 Å². The zero-order valence-electron chi connectivity index (χ0n) is 16.1. The van der Waals surface area contributed by atoms with Gasteiger partial charge >= 0.3 is 0 Å². The first-order chi connectivity index (χ1) is 13.4. The molecule has 28 heavy (non-hydrogen) atoms. The monoisotopic (exact) mass is 374 g/mol. The van der Waals surface area contributed by atoms with Crippen LogP contribution in [0.5, 0.6) is 0 Å². The molecule has 0 aliphatic rings. The van der Waals surface area contributed by atoms with Crippen molar-refractivity contribution in [3.05, 3.63) is 77.6 Å². The number of carbonyl (C=O) groups excluding carboxylic acids is 2. The Hall–Kier alpha value is -3.54. The fourth-order valence-corrected chi connectivity index (χ4v) is 2.76. The number of nitrogens with zero attached hydrogens (tertiary/aromatic N) is 2. The van der Waals surface area contributed by atoms with Crippen LogP contribution in [0.1, 0.15) is 53.1 Å². The molecule has 1 heterocycles. The van der Waals surface area contributed by atoms with Crippen molar-refractivity contribution in [3.8, 4) is 0 Å². The highest BCUT2D eigenvalue weighted by atomic mass is 16.2. The molecule has 1 aromatic heterocycles. The summed E-state index contributed by atoms with van der Waals surface area (Å²) in [7, 11) is 0. The summed E-state index contributed by atoms with van der Waals surface area (Å²) in [6.45, 7) is 5.73. The van der Waals surface area contributed by atoms with E-state index in [2.05, 4.69) is 34.4 Å². The van der Waals surface area contributed by atoms with Crippen LogP contribution in [0.25, 0.3) is 0 Å². The number of ketones is 1. The van der Waals surface area contributed by atoms with Gasteiger partial charge in [-0.1, -0.05) is 32.0 Å². The average Bonchev–Trinajstić information content (AvgIpc) is 2.69. The van der Waals surface area contributed by atoms with E-state index in [-0.39, 0.29) is 17.4 Å². The van der Waals surface area contributed by atoms with Gasteiger partial charge in [-0.2, -0.15) is 0 Å². The van der Waals surface area contributed by atoms with E-state index < -0.39 is 0 Å². The highest BCUT2D eigenvalue weighted by molar-refractivity contribution is 6.03. The van der Waals surface area contributed by atoms with Crippen LogP contribution in [0.15, 0.2) is 60.8 Å². The summed E-state index contributed by atoms with van der Waals surface area (Å²) in [6, 6.07) is 16.2. The van der Waals surface area contributed by atoms with Crippen molar-refractivity contribution in [2.24, 2.45) is 0 Å². The minimum absolute atomic E-state index is 0.0222. The van der Waals surface area contributed by atoms with Crippen LogP contribution < -0.4 is 10.6 Å². The summed E-state index contributed by atoms with van der Waals surface area (Å²) < 4.78 is 0. The Balaban J connectivity index is 1.76. The molecule has 1 amide bonds. The molecule has 0 fully saturated rings. The first-order valence-electron chi connectivity index (χ1n) is 9.05. The predicted octanol–water partition coefficient (Wildman–Crippen LogP) is 4.80. The number of carbonyl (C=O) groups is 2. The number of Topliss-reactive ketones (excluding diaryl/α,β-unsaturated/α-hetero) is 1. The normalized spacial score (nSPS) is 10.6. The van der Waals surface area contributed by atoms with Crippen molar-refractivity contribution in [1.82, 2.24) is 9.97 Å². The van der Waals surface area contributed by atoms with Gasteiger partial charge in [-0.05, 0) is 54.8 Å². The third kappa shape index (κ3) is 4.59. The molecular weight excluding hydrogens is 352 g/mol. The van der Waals surface area contributed by atoms with Gasteiger partial charge in [-0.3, -0.25) is 9.59 Å². The molecule has 0 bridgehead atoms. The highest BCUT2D eigenvalue weighted by Crippen LogP contribution is 2.25. The van der Waals surface area contributed by atoms with Gasteiger partial charge in [0.1, 0.15) is 5.69 Å². The van der Waals surface area contributed by atoms with Gasteiger partial charge < -0.3 is 10.6 Å². The number of para-hydroxylation sites is 1. The molecule has 0 aliphatic heterocycles. The van der Waals surface area contributed by atoms with Crippen LogP contribution in [-0.4, -0.2) is 21.7 Å². The lowest BCUT2D eigenvalue weighted by Gasteiger charge is -2.13. The minimum Gasteiger partial charge on any atom is -0.324 e. The van der Waals surface area contributed by atoms with Crippen LogP contribution >= 0.6 is 0 Å². The van der Waals surface area contributed by atoms with Gasteiger partial charge in [-0.15, -0.1) is 0 Å². The molecular formula is C22H22N4O2. The van der Waals surface area contributed by atoms with E-state index in [1.807, 2.05) is 24.3 Å². The Bertz CT molecular complexity index is 997. The lowest BCUT2D eigenvalue weighted by molar-refractivity contribution is 0.101. The van der Waals surface area contributed by atoms with Crippen molar-refractivity contribution in [3.63, 3.8) is 0 Å². The number of hydrogen-bond donors (Lipinski definition) is 2. The topological polar surface area (TPSA) is 84.0 Å². The van der Waals surface area contributed by atoms with E-state index >= 15 is 0 Å². The first-order valence-corrected chi connectivity index (χ1v) is 9.05. The van der Waals surface area contributed by atoms with Crippen molar-refractivity contribution in [2.75, 3.05) is 10.6 Å².